The van der Waals surface area contributed by atoms with Crippen LogP contribution in [0.2, 0.25) is 0 Å². The standard InChI is InChI=1S/Ba.2H2O.O.Sn.Ti.Zr.4H/h;2*1H2;;;;;;;;/q;;;;;+2;;;;;/p-2. The van der Waals surface area contributed by atoms with Gasteiger partial charge in [-0.3, -0.25) is 0 Å². The van der Waals surface area contributed by atoms with Crippen LogP contribution < -0.4 is 0 Å². The Morgan fingerprint density at radius 3 is 1.29 bits per heavy atom. The van der Waals surface area contributed by atoms with Crippen LogP contribution in [0.3, 0.4) is 0 Å². The second-order valence-corrected chi connectivity index (χ2v) is 1.17. The molecule has 0 saturated carbocycles. The predicted molar refractivity (Wildman–Crippen MR) is 22.2 cm³/mol. The Labute approximate surface area is 125 Å². The molecule has 7 heteroatoms. The average Bonchev–Trinajstić information content (AvgIpc) is 0.811. The van der Waals surface area contributed by atoms with Gasteiger partial charge in [-0.2, -0.15) is 0 Å². The fourth-order valence-corrected chi connectivity index (χ4v) is 0. The van der Waals surface area contributed by atoms with E-state index in [9.17, 15) is 0 Å². The fourth-order valence-electron chi connectivity index (χ4n) is 0. The summed E-state index contributed by atoms with van der Waals surface area (Å²) in [5.41, 5.74) is 0. The van der Waals surface area contributed by atoms with Gasteiger partial charge in [-0.1, -0.05) is 0 Å². The first-order valence-electron chi connectivity index (χ1n) is 0.651. The van der Waals surface area contributed by atoms with E-state index in [1.807, 2.05) is 0 Å². The molecule has 0 aliphatic rings. The van der Waals surface area contributed by atoms with Crippen molar-refractivity contribution in [2.45, 2.75) is 0 Å². The molecule has 0 rings (SSSR count). The zero-order chi connectivity index (χ0) is 3.58. The van der Waals surface area contributed by atoms with Crippen LogP contribution >= 0.6 is 0 Å². The molecule has 0 fully saturated rings. The number of rotatable bonds is 0. The molecule has 0 bridgehead atoms. The van der Waals surface area contributed by atoms with Crippen molar-refractivity contribution < 1.29 is 55.5 Å². The minimum absolute atomic E-state index is 0. The maximum atomic E-state index is 8.81. The van der Waals surface area contributed by atoms with Crippen LogP contribution in [-0.2, 0) is 48.1 Å². The van der Waals surface area contributed by atoms with Crippen LogP contribution in [-0.4, -0.2) is 80.2 Å². The van der Waals surface area contributed by atoms with Crippen molar-refractivity contribution in [3.63, 3.8) is 0 Å². The molecule has 0 aromatic heterocycles. The van der Waals surface area contributed by atoms with Crippen molar-refractivity contribution in [2.24, 2.45) is 0 Å². The largest absolute Gasteiger partial charge is 0 e. The SMILES string of the molecule is [BaH2].[O]=[Ti]([OH])[OH].[SnH2].[Zr]. The molecule has 0 aromatic rings. The van der Waals surface area contributed by atoms with Crippen molar-refractivity contribution in [3.05, 3.63) is 0 Å². The first-order chi connectivity index (χ1) is 1.73. The summed E-state index contributed by atoms with van der Waals surface area (Å²) in [5, 5.41) is 0. The van der Waals surface area contributed by atoms with E-state index in [0.29, 0.717) is 0 Å². The topological polar surface area (TPSA) is 57.5 Å². The van der Waals surface area contributed by atoms with Gasteiger partial charge in [0.25, 0.3) is 0 Å². The summed E-state index contributed by atoms with van der Waals surface area (Å²) in [6.07, 6.45) is 0. The molecule has 38 valence electrons. The van der Waals surface area contributed by atoms with E-state index in [1.54, 1.807) is 0 Å². The monoisotopic (exact) mass is 450 g/mol. The summed E-state index contributed by atoms with van der Waals surface area (Å²) < 4.78 is 23.2. The van der Waals surface area contributed by atoms with Gasteiger partial charge in [0.05, 0.1) is 0 Å². The van der Waals surface area contributed by atoms with E-state index >= 15 is 0 Å². The normalized spacial score (nSPS) is 3.71. The quantitative estimate of drug-likeness (QED) is 0.387. The Kier molecular flexibility index (Phi) is 52.4. The van der Waals surface area contributed by atoms with Crippen LogP contribution in [0.25, 0.3) is 0 Å². The van der Waals surface area contributed by atoms with Crippen molar-refractivity contribution in [3.8, 4) is 0 Å². The molecule has 0 saturated heterocycles. The van der Waals surface area contributed by atoms with Gasteiger partial charge in [0, 0.05) is 26.2 Å². The van der Waals surface area contributed by atoms with Crippen LogP contribution in [0.15, 0.2) is 0 Å². The van der Waals surface area contributed by atoms with Gasteiger partial charge < -0.3 is 0 Å². The zero-order valence-corrected chi connectivity index (χ0v) is 11.1. The van der Waals surface area contributed by atoms with E-state index in [1.165, 1.54) is 0 Å². The summed E-state index contributed by atoms with van der Waals surface area (Å²) >= 11 is -3.58. The number of hydrogen-bond donors (Lipinski definition) is 2. The van der Waals surface area contributed by atoms with Gasteiger partial charge in [0.2, 0.25) is 0 Å². The smallest absolute Gasteiger partial charge is 0 e. The Bertz CT molecular complexity index is 37.9. The Balaban J connectivity index is -0.0000000150. The molecule has 0 heterocycles. The summed E-state index contributed by atoms with van der Waals surface area (Å²) in [7, 11) is 0. The first kappa shape index (κ1) is 22.4. The van der Waals surface area contributed by atoms with Gasteiger partial charge in [0.15, 0.2) is 0 Å². The molecule has 0 spiro atoms. The van der Waals surface area contributed by atoms with Crippen LogP contribution in [0.5, 0.6) is 0 Å². The van der Waals surface area contributed by atoms with Crippen LogP contribution in [0.4, 0.5) is 0 Å². The van der Waals surface area contributed by atoms with Gasteiger partial charge in [-0.05, 0) is 0 Å². The van der Waals surface area contributed by atoms with E-state index in [-0.39, 0.29) is 99.0 Å². The first-order valence-corrected chi connectivity index (χ1v) is 2.69. The molecule has 0 atom stereocenters. The molecular weight excluding hydrogens is 443 g/mol. The van der Waals surface area contributed by atoms with Gasteiger partial charge in [0.1, 0.15) is 0 Å². The third kappa shape index (κ3) is 42.1. The molecular formula is H6BaO3SnTiZr. The number of hydrogen-bond acceptors (Lipinski definition) is 1. The molecule has 3 nitrogen and oxygen atoms in total. The third-order valence-electron chi connectivity index (χ3n) is 0. The summed E-state index contributed by atoms with van der Waals surface area (Å²) in [6.45, 7) is 0. The Hall–Kier alpha value is 3.69. The molecule has 0 aliphatic carbocycles. The van der Waals surface area contributed by atoms with Crippen molar-refractivity contribution >= 4 is 72.8 Å². The minimum Gasteiger partial charge on any atom is 0 e. The summed E-state index contributed by atoms with van der Waals surface area (Å²) in [5.74, 6) is 0. The maximum Gasteiger partial charge on any atom is 0 e. The van der Waals surface area contributed by atoms with Gasteiger partial charge in [-0.15, -0.1) is 0 Å². The molecule has 2 radical (unpaired) electrons. The molecule has 7 heavy (non-hydrogen) atoms. The second kappa shape index (κ2) is 16.3. The molecule has 0 aromatic carbocycles. The average molecular weight is 449 g/mol. The molecule has 2 N–H and O–H groups in total. The second-order valence-electron chi connectivity index (χ2n) is 0.283. The van der Waals surface area contributed by atoms with Gasteiger partial charge in [-0.25, -0.2) is 0 Å². The third-order valence-corrected chi connectivity index (χ3v) is 0. The van der Waals surface area contributed by atoms with E-state index in [2.05, 4.69) is 0 Å². The van der Waals surface area contributed by atoms with Crippen molar-refractivity contribution in [1.29, 1.82) is 0 Å². The molecule has 0 unspecified atom stereocenters. The van der Waals surface area contributed by atoms with Gasteiger partial charge >= 0.3 is 102 Å². The summed E-state index contributed by atoms with van der Waals surface area (Å²) in [4.78, 5) is 0. The zero-order valence-electron chi connectivity index (χ0n) is 3.01. The van der Waals surface area contributed by atoms with Crippen LogP contribution in [0.1, 0.15) is 0 Å². The molecule has 0 aliphatic heterocycles. The maximum absolute atomic E-state index is 8.81. The van der Waals surface area contributed by atoms with Crippen molar-refractivity contribution in [2.75, 3.05) is 0 Å². The summed E-state index contributed by atoms with van der Waals surface area (Å²) in [6, 6.07) is 0. The van der Waals surface area contributed by atoms with Crippen molar-refractivity contribution in [1.82, 2.24) is 0 Å². The fraction of sp³-hybridized carbons (Fsp3) is 0. The van der Waals surface area contributed by atoms with E-state index < -0.39 is 18.6 Å². The Morgan fingerprint density at radius 1 is 1.29 bits per heavy atom. The minimum atomic E-state index is -3.58. The predicted octanol–water partition coefficient (Wildman–Crippen LogP) is -3.07. The van der Waals surface area contributed by atoms with Crippen LogP contribution in [0, 0.1) is 0 Å². The van der Waals surface area contributed by atoms with E-state index in [0.717, 1.165) is 0 Å². The van der Waals surface area contributed by atoms with E-state index in [4.69, 9.17) is 10.7 Å². The molecule has 0 amide bonds. The Morgan fingerprint density at radius 2 is 1.29 bits per heavy atom.